The molecule has 0 spiro atoms. The molecule has 26 heavy (non-hydrogen) atoms. The van der Waals surface area contributed by atoms with Gasteiger partial charge in [0.05, 0.1) is 25.3 Å². The Balaban J connectivity index is 2.71. The van der Waals surface area contributed by atoms with Crippen LogP contribution in [0.5, 0.6) is 11.5 Å². The summed E-state index contributed by atoms with van der Waals surface area (Å²) in [6.45, 7) is 8.06. The molecule has 0 atom stereocenters. The van der Waals surface area contributed by atoms with Crippen LogP contribution in [0.2, 0.25) is 5.02 Å². The van der Waals surface area contributed by atoms with Crippen molar-refractivity contribution in [3.63, 3.8) is 0 Å². The van der Waals surface area contributed by atoms with Gasteiger partial charge in [-0.05, 0) is 51.0 Å². The predicted octanol–water partition coefficient (Wildman–Crippen LogP) is 3.18. The second-order valence-corrected chi connectivity index (χ2v) is 7.14. The van der Waals surface area contributed by atoms with Crippen molar-refractivity contribution in [3.8, 4) is 11.5 Å². The zero-order chi connectivity index (χ0) is 19.7. The summed E-state index contributed by atoms with van der Waals surface area (Å²) in [4.78, 5) is 23.6. The van der Waals surface area contributed by atoms with Crippen molar-refractivity contribution in [2.75, 3.05) is 20.3 Å². The van der Waals surface area contributed by atoms with Gasteiger partial charge in [0.25, 0.3) is 0 Å². The van der Waals surface area contributed by atoms with Crippen molar-refractivity contribution >= 4 is 29.5 Å². The number of carbonyl (C=O) groups is 2. The molecule has 0 saturated heterocycles. The molecule has 0 fully saturated rings. The molecular formula is C19H27ClN2O4. The standard InChI is InChI=1S/C19H27ClN2O4/c1-6-9-26-18-14(20)10-13(11-15(18)25-5)7-8-16(23)21-12-17(24)22-19(2,3)4/h7-8,10-11H,6,9,12H2,1-5H3,(H,21,23)(H,22,24)/b8-7+. The number of amides is 2. The Labute approximate surface area is 159 Å². The van der Waals surface area contributed by atoms with E-state index in [0.717, 1.165) is 6.42 Å². The van der Waals surface area contributed by atoms with E-state index >= 15 is 0 Å². The number of carbonyl (C=O) groups excluding carboxylic acids is 2. The van der Waals surface area contributed by atoms with Crippen molar-refractivity contribution in [3.05, 3.63) is 28.8 Å². The van der Waals surface area contributed by atoms with Crippen molar-refractivity contribution in [1.82, 2.24) is 10.6 Å². The van der Waals surface area contributed by atoms with Gasteiger partial charge in [-0.15, -0.1) is 0 Å². The van der Waals surface area contributed by atoms with Gasteiger partial charge in [-0.3, -0.25) is 9.59 Å². The van der Waals surface area contributed by atoms with Crippen molar-refractivity contribution in [2.24, 2.45) is 0 Å². The summed E-state index contributed by atoms with van der Waals surface area (Å²) in [5.41, 5.74) is 0.344. The maximum atomic E-state index is 11.9. The Morgan fingerprint density at radius 1 is 1.27 bits per heavy atom. The second-order valence-electron chi connectivity index (χ2n) is 6.73. The number of ether oxygens (including phenoxy) is 2. The summed E-state index contributed by atoms with van der Waals surface area (Å²) in [7, 11) is 1.53. The fourth-order valence-corrected chi connectivity index (χ4v) is 2.31. The van der Waals surface area contributed by atoms with Crippen molar-refractivity contribution in [1.29, 1.82) is 0 Å². The van der Waals surface area contributed by atoms with Crippen LogP contribution in [-0.2, 0) is 9.59 Å². The van der Waals surface area contributed by atoms with Crippen LogP contribution < -0.4 is 20.1 Å². The average Bonchev–Trinajstić information content (AvgIpc) is 2.55. The first-order chi connectivity index (χ1) is 12.2. The summed E-state index contributed by atoms with van der Waals surface area (Å²) in [6, 6.07) is 3.41. The van der Waals surface area contributed by atoms with Crippen molar-refractivity contribution in [2.45, 2.75) is 39.7 Å². The maximum absolute atomic E-state index is 11.9. The topological polar surface area (TPSA) is 76.7 Å². The third kappa shape index (κ3) is 7.78. The van der Waals surface area contributed by atoms with Gasteiger partial charge in [-0.25, -0.2) is 0 Å². The number of benzene rings is 1. The number of rotatable bonds is 8. The van der Waals surface area contributed by atoms with Gasteiger partial charge in [0.1, 0.15) is 0 Å². The maximum Gasteiger partial charge on any atom is 0.244 e. The number of hydrogen-bond acceptors (Lipinski definition) is 4. The van der Waals surface area contributed by atoms with Gasteiger partial charge in [0.2, 0.25) is 11.8 Å². The van der Waals surface area contributed by atoms with E-state index in [1.165, 1.54) is 13.2 Å². The fourth-order valence-electron chi connectivity index (χ4n) is 2.04. The van der Waals surface area contributed by atoms with Crippen LogP contribution in [0.3, 0.4) is 0 Å². The third-order valence-corrected chi connectivity index (χ3v) is 3.35. The molecule has 7 heteroatoms. The van der Waals surface area contributed by atoms with Crippen LogP contribution in [0.1, 0.15) is 39.7 Å². The minimum absolute atomic E-state index is 0.0890. The molecular weight excluding hydrogens is 356 g/mol. The normalized spacial score (nSPS) is 11.3. The first kappa shape index (κ1) is 21.8. The monoisotopic (exact) mass is 382 g/mol. The minimum Gasteiger partial charge on any atom is -0.493 e. The quantitative estimate of drug-likeness (QED) is 0.677. The van der Waals surface area contributed by atoms with Crippen molar-refractivity contribution < 1.29 is 19.1 Å². The van der Waals surface area contributed by atoms with E-state index < -0.39 is 0 Å². The molecule has 0 unspecified atom stereocenters. The van der Waals surface area contributed by atoms with Crippen LogP contribution in [0, 0.1) is 0 Å². The molecule has 0 aliphatic carbocycles. The smallest absolute Gasteiger partial charge is 0.244 e. The van der Waals surface area contributed by atoms with Gasteiger partial charge in [-0.1, -0.05) is 18.5 Å². The first-order valence-corrected chi connectivity index (χ1v) is 8.81. The highest BCUT2D eigenvalue weighted by molar-refractivity contribution is 6.32. The lowest BCUT2D eigenvalue weighted by Gasteiger charge is -2.20. The summed E-state index contributed by atoms with van der Waals surface area (Å²) in [5.74, 6) is 0.351. The molecule has 0 saturated carbocycles. The molecule has 0 heterocycles. The Hall–Kier alpha value is -2.21. The van der Waals surface area contributed by atoms with E-state index in [0.29, 0.717) is 28.7 Å². The molecule has 6 nitrogen and oxygen atoms in total. The predicted molar refractivity (Wildman–Crippen MR) is 104 cm³/mol. The van der Waals surface area contributed by atoms with Gasteiger partial charge in [0.15, 0.2) is 11.5 Å². The zero-order valence-electron chi connectivity index (χ0n) is 15.9. The number of hydrogen-bond donors (Lipinski definition) is 2. The molecule has 0 bridgehead atoms. The summed E-state index contributed by atoms with van der Waals surface area (Å²) >= 11 is 6.24. The average molecular weight is 383 g/mol. The molecule has 2 N–H and O–H groups in total. The lowest BCUT2D eigenvalue weighted by atomic mass is 10.1. The molecule has 2 amide bonds. The SMILES string of the molecule is CCCOc1c(Cl)cc(/C=C/C(=O)NCC(=O)NC(C)(C)C)cc1OC. The molecule has 0 aliphatic heterocycles. The van der Waals surface area contributed by atoms with Crippen LogP contribution in [0.25, 0.3) is 6.08 Å². The summed E-state index contributed by atoms with van der Waals surface area (Å²) in [6.07, 6.45) is 3.78. The minimum atomic E-state index is -0.379. The molecule has 1 rings (SSSR count). The molecule has 144 valence electrons. The van der Waals surface area contributed by atoms with Gasteiger partial charge >= 0.3 is 0 Å². The Morgan fingerprint density at radius 3 is 2.54 bits per heavy atom. The lowest BCUT2D eigenvalue weighted by molar-refractivity contribution is -0.124. The van der Waals surface area contributed by atoms with Gasteiger partial charge in [0, 0.05) is 11.6 Å². The van der Waals surface area contributed by atoms with E-state index in [2.05, 4.69) is 10.6 Å². The van der Waals surface area contributed by atoms with Crippen LogP contribution in [0.4, 0.5) is 0 Å². The largest absolute Gasteiger partial charge is 0.493 e. The Morgan fingerprint density at radius 2 is 1.96 bits per heavy atom. The highest BCUT2D eigenvalue weighted by Gasteiger charge is 2.14. The molecule has 0 radical (unpaired) electrons. The van der Waals surface area contributed by atoms with E-state index in [1.807, 2.05) is 27.7 Å². The molecule has 0 aliphatic rings. The Kier molecular flexibility index (Phi) is 8.45. The summed E-state index contributed by atoms with van der Waals surface area (Å²) in [5, 5.41) is 5.70. The lowest BCUT2D eigenvalue weighted by Crippen LogP contribution is -2.45. The zero-order valence-corrected chi connectivity index (χ0v) is 16.7. The highest BCUT2D eigenvalue weighted by atomic mass is 35.5. The fraction of sp³-hybridized carbons (Fsp3) is 0.474. The number of methoxy groups -OCH3 is 1. The van der Waals surface area contributed by atoms with Gasteiger partial charge in [-0.2, -0.15) is 0 Å². The number of halogens is 1. The first-order valence-electron chi connectivity index (χ1n) is 8.43. The molecule has 1 aromatic carbocycles. The van der Waals surface area contributed by atoms with E-state index in [4.69, 9.17) is 21.1 Å². The van der Waals surface area contributed by atoms with Crippen LogP contribution in [0.15, 0.2) is 18.2 Å². The number of nitrogens with one attached hydrogen (secondary N) is 2. The van der Waals surface area contributed by atoms with Crippen LogP contribution >= 0.6 is 11.6 Å². The molecule has 1 aromatic rings. The summed E-state index contributed by atoms with van der Waals surface area (Å²) < 4.78 is 10.9. The second kappa shape index (κ2) is 10.1. The van der Waals surface area contributed by atoms with E-state index in [-0.39, 0.29) is 23.9 Å². The van der Waals surface area contributed by atoms with Crippen LogP contribution in [-0.4, -0.2) is 37.6 Å². The highest BCUT2D eigenvalue weighted by Crippen LogP contribution is 2.36. The molecule has 0 aromatic heterocycles. The van der Waals surface area contributed by atoms with E-state index in [9.17, 15) is 9.59 Å². The Bertz CT molecular complexity index is 666. The third-order valence-electron chi connectivity index (χ3n) is 3.07. The van der Waals surface area contributed by atoms with Gasteiger partial charge < -0.3 is 20.1 Å². The van der Waals surface area contributed by atoms with E-state index in [1.54, 1.807) is 18.2 Å².